The van der Waals surface area contributed by atoms with E-state index in [9.17, 15) is 9.59 Å². The molecule has 138 valence electrons. The van der Waals surface area contributed by atoms with Gasteiger partial charge in [0.1, 0.15) is 12.4 Å². The van der Waals surface area contributed by atoms with Crippen LogP contribution in [0.5, 0.6) is 5.75 Å². The van der Waals surface area contributed by atoms with E-state index in [1.807, 2.05) is 30.3 Å². The Kier molecular flexibility index (Phi) is 8.05. The van der Waals surface area contributed by atoms with Crippen molar-refractivity contribution in [2.45, 2.75) is 19.4 Å². The molecule has 0 radical (unpaired) electrons. The third kappa shape index (κ3) is 7.21. The Labute approximate surface area is 161 Å². The first-order valence-corrected chi connectivity index (χ1v) is 8.63. The van der Waals surface area contributed by atoms with Crippen molar-refractivity contribution in [3.8, 4) is 5.75 Å². The molecule has 6 nitrogen and oxygen atoms in total. The highest BCUT2D eigenvalue weighted by Crippen LogP contribution is 2.27. The summed E-state index contributed by atoms with van der Waals surface area (Å²) in [4.78, 5) is 23.2. The molecule has 2 aromatic carbocycles. The number of carbonyl (C=O) groups is 2. The minimum atomic E-state index is -0.730. The van der Waals surface area contributed by atoms with Crippen LogP contribution in [0.1, 0.15) is 18.4 Å². The molecule has 0 fully saturated rings. The molecule has 0 spiro atoms. The zero-order valence-corrected chi connectivity index (χ0v) is 15.3. The van der Waals surface area contributed by atoms with E-state index in [1.54, 1.807) is 18.2 Å². The molecule has 0 atom stereocenters. The highest BCUT2D eigenvalue weighted by Gasteiger charge is 2.07. The first kappa shape index (κ1) is 19.9. The Morgan fingerprint density at radius 3 is 2.50 bits per heavy atom. The van der Waals surface area contributed by atoms with Crippen molar-refractivity contribution in [3.05, 3.63) is 64.1 Å². The van der Waals surface area contributed by atoms with Gasteiger partial charge in [-0.3, -0.25) is 10.2 Å². The lowest BCUT2D eigenvalue weighted by Gasteiger charge is -2.09. The average molecular weight is 397 g/mol. The fraction of sp³-hybridized carbons (Fsp3) is 0.222. The molecular weight excluding hydrogens is 379 g/mol. The minimum absolute atomic E-state index is 0.123. The van der Waals surface area contributed by atoms with Crippen LogP contribution in [0.2, 0.25) is 10.0 Å². The second-order valence-corrected chi connectivity index (χ2v) is 6.11. The van der Waals surface area contributed by atoms with Crippen molar-refractivity contribution in [1.29, 1.82) is 0 Å². The number of carbonyl (C=O) groups excluding carboxylic acids is 2. The second kappa shape index (κ2) is 10.5. The molecule has 2 amide bonds. The fourth-order valence-electron chi connectivity index (χ4n) is 1.95. The summed E-state index contributed by atoms with van der Waals surface area (Å²) in [6.07, 6.45) is -0.109. The molecule has 26 heavy (non-hydrogen) atoms. The number of nitrogens with one attached hydrogen (secondary N) is 2. The second-order valence-electron chi connectivity index (χ2n) is 5.26. The molecule has 0 aliphatic carbocycles. The van der Waals surface area contributed by atoms with Gasteiger partial charge in [0, 0.05) is 11.4 Å². The Bertz CT molecular complexity index is 741. The monoisotopic (exact) mass is 396 g/mol. The SMILES string of the molecule is O=C(CCCOc1ccc(Cl)cc1Cl)NNC(=O)OCc1ccccc1. The molecule has 0 aromatic heterocycles. The van der Waals surface area contributed by atoms with Crippen LogP contribution in [0.3, 0.4) is 0 Å². The molecule has 0 bridgehead atoms. The fourth-order valence-corrected chi connectivity index (χ4v) is 2.41. The molecular formula is C18H18Cl2N2O4. The Morgan fingerprint density at radius 2 is 1.77 bits per heavy atom. The predicted octanol–water partition coefficient (Wildman–Crippen LogP) is 4.11. The van der Waals surface area contributed by atoms with Crippen LogP contribution in [-0.2, 0) is 16.1 Å². The van der Waals surface area contributed by atoms with Gasteiger partial charge in [-0.05, 0) is 30.2 Å². The molecule has 0 heterocycles. The summed E-state index contributed by atoms with van der Waals surface area (Å²) in [5.41, 5.74) is 5.32. The summed E-state index contributed by atoms with van der Waals surface area (Å²) in [7, 11) is 0. The number of hydrazine groups is 1. The van der Waals surface area contributed by atoms with E-state index in [0.29, 0.717) is 28.8 Å². The normalized spacial score (nSPS) is 10.1. The maximum absolute atomic E-state index is 11.7. The van der Waals surface area contributed by atoms with Crippen LogP contribution in [0.4, 0.5) is 4.79 Å². The zero-order chi connectivity index (χ0) is 18.8. The van der Waals surface area contributed by atoms with Crippen LogP contribution in [0, 0.1) is 0 Å². The molecule has 2 aromatic rings. The molecule has 0 unspecified atom stereocenters. The van der Waals surface area contributed by atoms with Gasteiger partial charge in [-0.25, -0.2) is 10.2 Å². The quantitative estimate of drug-likeness (QED) is 0.545. The van der Waals surface area contributed by atoms with E-state index in [4.69, 9.17) is 32.7 Å². The van der Waals surface area contributed by atoms with Crippen molar-refractivity contribution >= 4 is 35.2 Å². The van der Waals surface area contributed by atoms with E-state index in [2.05, 4.69) is 10.9 Å². The highest BCUT2D eigenvalue weighted by atomic mass is 35.5. The minimum Gasteiger partial charge on any atom is -0.492 e. The summed E-state index contributed by atoms with van der Waals surface area (Å²) in [5, 5.41) is 0.928. The maximum atomic E-state index is 11.7. The topological polar surface area (TPSA) is 76.7 Å². The Hall–Kier alpha value is -2.44. The van der Waals surface area contributed by atoms with Crippen molar-refractivity contribution in [2.24, 2.45) is 0 Å². The Balaban J connectivity index is 1.57. The standard InChI is InChI=1S/C18H18Cl2N2O4/c19-14-8-9-16(15(20)11-14)25-10-4-7-17(23)21-22-18(24)26-12-13-5-2-1-3-6-13/h1-3,5-6,8-9,11H,4,7,10,12H2,(H,21,23)(H,22,24). The van der Waals surface area contributed by atoms with Crippen molar-refractivity contribution in [2.75, 3.05) is 6.61 Å². The van der Waals surface area contributed by atoms with E-state index >= 15 is 0 Å². The van der Waals surface area contributed by atoms with Crippen LogP contribution in [-0.4, -0.2) is 18.6 Å². The maximum Gasteiger partial charge on any atom is 0.426 e. The van der Waals surface area contributed by atoms with Crippen LogP contribution in [0.25, 0.3) is 0 Å². The Morgan fingerprint density at radius 1 is 1.00 bits per heavy atom. The van der Waals surface area contributed by atoms with Gasteiger partial charge in [0.05, 0.1) is 11.6 Å². The summed E-state index contributed by atoms with van der Waals surface area (Å²) < 4.78 is 10.4. The number of rotatable bonds is 7. The molecule has 0 aliphatic heterocycles. The van der Waals surface area contributed by atoms with Crippen molar-refractivity contribution in [3.63, 3.8) is 0 Å². The summed E-state index contributed by atoms with van der Waals surface area (Å²) in [5.74, 6) is 0.145. The number of hydrogen-bond acceptors (Lipinski definition) is 4. The van der Waals surface area contributed by atoms with Gasteiger partial charge >= 0.3 is 6.09 Å². The lowest BCUT2D eigenvalue weighted by molar-refractivity contribution is -0.122. The van der Waals surface area contributed by atoms with E-state index in [1.165, 1.54) is 0 Å². The van der Waals surface area contributed by atoms with Gasteiger partial charge in [-0.15, -0.1) is 0 Å². The van der Waals surface area contributed by atoms with Gasteiger partial charge in [-0.1, -0.05) is 53.5 Å². The summed E-state index contributed by atoms with van der Waals surface area (Å²) in [6.45, 7) is 0.422. The lowest BCUT2D eigenvalue weighted by Crippen LogP contribution is -2.41. The van der Waals surface area contributed by atoms with Crippen LogP contribution < -0.4 is 15.6 Å². The third-order valence-corrected chi connectivity index (χ3v) is 3.75. The van der Waals surface area contributed by atoms with Gasteiger partial charge in [0.25, 0.3) is 0 Å². The average Bonchev–Trinajstić information content (AvgIpc) is 2.64. The number of hydrogen-bond donors (Lipinski definition) is 2. The molecule has 2 rings (SSSR count). The summed E-state index contributed by atoms with van der Waals surface area (Å²) in [6, 6.07) is 14.1. The van der Waals surface area contributed by atoms with Crippen molar-refractivity contribution in [1.82, 2.24) is 10.9 Å². The van der Waals surface area contributed by atoms with Gasteiger partial charge in [-0.2, -0.15) is 0 Å². The van der Waals surface area contributed by atoms with E-state index < -0.39 is 6.09 Å². The van der Waals surface area contributed by atoms with Gasteiger partial charge in [0.2, 0.25) is 5.91 Å². The van der Waals surface area contributed by atoms with Crippen LogP contribution in [0.15, 0.2) is 48.5 Å². The number of halogens is 2. The molecule has 2 N–H and O–H groups in total. The molecule has 0 saturated heterocycles. The number of benzene rings is 2. The zero-order valence-electron chi connectivity index (χ0n) is 13.8. The first-order valence-electron chi connectivity index (χ1n) is 7.88. The lowest BCUT2D eigenvalue weighted by atomic mass is 10.2. The molecule has 8 heteroatoms. The van der Waals surface area contributed by atoms with E-state index in [0.717, 1.165) is 5.56 Å². The highest BCUT2D eigenvalue weighted by molar-refractivity contribution is 6.35. The van der Waals surface area contributed by atoms with Crippen LogP contribution >= 0.6 is 23.2 Å². The molecule has 0 aliphatic rings. The van der Waals surface area contributed by atoms with Crippen molar-refractivity contribution < 1.29 is 19.1 Å². The van der Waals surface area contributed by atoms with E-state index in [-0.39, 0.29) is 18.9 Å². The van der Waals surface area contributed by atoms with Gasteiger partial charge < -0.3 is 9.47 Å². The third-order valence-electron chi connectivity index (χ3n) is 3.22. The number of amides is 2. The molecule has 0 saturated carbocycles. The summed E-state index contributed by atoms with van der Waals surface area (Å²) >= 11 is 11.8. The largest absolute Gasteiger partial charge is 0.492 e. The first-order chi connectivity index (χ1) is 12.5. The van der Waals surface area contributed by atoms with Gasteiger partial charge in [0.15, 0.2) is 0 Å². The smallest absolute Gasteiger partial charge is 0.426 e. The number of ether oxygens (including phenoxy) is 2. The predicted molar refractivity (Wildman–Crippen MR) is 99.1 cm³/mol.